The number of aryl methyl sites for hydroxylation is 1. The second-order valence-corrected chi connectivity index (χ2v) is 5.73. The molecule has 0 saturated carbocycles. The summed E-state index contributed by atoms with van der Waals surface area (Å²) < 4.78 is 3.41. The van der Waals surface area contributed by atoms with E-state index in [1.807, 2.05) is 78.5 Å². The van der Waals surface area contributed by atoms with Gasteiger partial charge in [0.25, 0.3) is 5.56 Å². The fraction of sp³-hybridized carbons (Fsp3) is 0.0500. The van der Waals surface area contributed by atoms with Gasteiger partial charge in [-0.25, -0.2) is 4.98 Å². The number of hydrogen-bond donors (Lipinski definition) is 0. The quantitative estimate of drug-likeness (QED) is 0.579. The Bertz CT molecular complexity index is 1110. The molecule has 4 aromatic rings. The van der Waals surface area contributed by atoms with E-state index in [4.69, 9.17) is 0 Å². The Morgan fingerprint density at radius 2 is 1.72 bits per heavy atom. The fourth-order valence-corrected chi connectivity index (χ4v) is 2.76. The van der Waals surface area contributed by atoms with Gasteiger partial charge < -0.3 is 0 Å². The Labute approximate surface area is 144 Å². The molecule has 0 atom stereocenters. The molecule has 0 bridgehead atoms. The molecule has 0 unspecified atom stereocenters. The first-order valence-corrected chi connectivity index (χ1v) is 7.99. The average molecular weight is 328 g/mol. The molecule has 3 heterocycles. The Hall–Kier alpha value is -3.47. The van der Waals surface area contributed by atoms with Gasteiger partial charge in [-0.1, -0.05) is 24.3 Å². The van der Waals surface area contributed by atoms with E-state index < -0.39 is 0 Å². The van der Waals surface area contributed by atoms with Gasteiger partial charge in [-0.3, -0.25) is 14.5 Å². The average Bonchev–Trinajstić information content (AvgIpc) is 2.99. The third-order valence-electron chi connectivity index (χ3n) is 3.93. The summed E-state index contributed by atoms with van der Waals surface area (Å²) in [6.07, 6.45) is 7.31. The van der Waals surface area contributed by atoms with Gasteiger partial charge in [-0.05, 0) is 43.3 Å². The molecule has 0 fully saturated rings. The first kappa shape index (κ1) is 15.1. The van der Waals surface area contributed by atoms with E-state index in [1.54, 1.807) is 10.7 Å². The number of pyridine rings is 1. The maximum Gasteiger partial charge on any atom is 0.273 e. The summed E-state index contributed by atoms with van der Waals surface area (Å²) in [6.45, 7) is 1.95. The number of aromatic nitrogens is 4. The summed E-state index contributed by atoms with van der Waals surface area (Å²) in [5.74, 6) is 0. The molecule has 0 saturated heterocycles. The lowest BCUT2D eigenvalue weighted by molar-refractivity contribution is 0.763. The number of rotatable bonds is 3. The van der Waals surface area contributed by atoms with Crippen LogP contribution in [0.3, 0.4) is 0 Å². The summed E-state index contributed by atoms with van der Waals surface area (Å²) in [5, 5.41) is 0. The smallest absolute Gasteiger partial charge is 0.267 e. The third-order valence-corrected chi connectivity index (χ3v) is 3.93. The van der Waals surface area contributed by atoms with Crippen molar-refractivity contribution < 1.29 is 0 Å². The van der Waals surface area contributed by atoms with E-state index in [1.165, 1.54) is 6.07 Å². The zero-order valence-electron chi connectivity index (χ0n) is 13.7. The summed E-state index contributed by atoms with van der Waals surface area (Å²) in [6, 6.07) is 17.0. The monoisotopic (exact) mass is 328 g/mol. The van der Waals surface area contributed by atoms with Crippen LogP contribution in [-0.2, 0) is 0 Å². The van der Waals surface area contributed by atoms with Crippen molar-refractivity contribution in [1.82, 2.24) is 19.2 Å². The van der Waals surface area contributed by atoms with Crippen LogP contribution in [0.2, 0.25) is 0 Å². The summed E-state index contributed by atoms with van der Waals surface area (Å²) in [5.41, 5.74) is 3.82. The molecule has 0 amide bonds. The van der Waals surface area contributed by atoms with Gasteiger partial charge in [0.2, 0.25) is 0 Å². The van der Waals surface area contributed by atoms with Crippen LogP contribution in [0.25, 0.3) is 23.5 Å². The zero-order valence-corrected chi connectivity index (χ0v) is 13.7. The number of hydrogen-bond acceptors (Lipinski definition) is 3. The van der Waals surface area contributed by atoms with E-state index >= 15 is 0 Å². The number of para-hydroxylation sites is 1. The predicted molar refractivity (Wildman–Crippen MR) is 98.7 cm³/mol. The minimum absolute atomic E-state index is 0.123. The van der Waals surface area contributed by atoms with Gasteiger partial charge in [-0.15, -0.1) is 0 Å². The molecule has 5 nitrogen and oxygen atoms in total. The van der Waals surface area contributed by atoms with Crippen molar-refractivity contribution in [1.29, 1.82) is 0 Å². The highest BCUT2D eigenvalue weighted by Gasteiger charge is 2.10. The van der Waals surface area contributed by atoms with Crippen molar-refractivity contribution in [3.8, 4) is 5.69 Å². The van der Waals surface area contributed by atoms with Gasteiger partial charge >= 0.3 is 0 Å². The molecular formula is C20H16N4O. The molecule has 1 aromatic carbocycles. The molecule has 3 aromatic heterocycles. The van der Waals surface area contributed by atoms with Crippen LogP contribution in [0.15, 0.2) is 71.8 Å². The minimum Gasteiger partial charge on any atom is -0.267 e. The highest BCUT2D eigenvalue weighted by Crippen LogP contribution is 2.14. The minimum atomic E-state index is -0.123. The molecule has 0 N–H and O–H groups in total. The lowest BCUT2D eigenvalue weighted by Gasteiger charge is -2.06. The molecule has 4 rings (SSSR count). The van der Waals surface area contributed by atoms with E-state index in [2.05, 4.69) is 9.97 Å². The van der Waals surface area contributed by atoms with Crippen LogP contribution in [0.1, 0.15) is 17.0 Å². The van der Waals surface area contributed by atoms with Crippen LogP contribution >= 0.6 is 0 Å². The molecule has 122 valence electrons. The standard InChI is InChI=1S/C20H16N4O/c1-15-14-23(18-8-3-2-4-9-18)24-19(25)13-17(22-20(15)24)11-10-16-7-5-6-12-21-16/h2-14H,1H3. The molecule has 0 spiro atoms. The maximum atomic E-state index is 12.7. The van der Waals surface area contributed by atoms with Gasteiger partial charge in [0.05, 0.1) is 17.1 Å². The van der Waals surface area contributed by atoms with Gasteiger partial charge in [0.1, 0.15) is 0 Å². The van der Waals surface area contributed by atoms with E-state index in [0.29, 0.717) is 11.3 Å². The lowest BCUT2D eigenvalue weighted by Crippen LogP contribution is -2.20. The van der Waals surface area contributed by atoms with Crippen molar-refractivity contribution in [2.24, 2.45) is 0 Å². The van der Waals surface area contributed by atoms with Crippen molar-refractivity contribution in [2.45, 2.75) is 6.92 Å². The van der Waals surface area contributed by atoms with E-state index in [9.17, 15) is 4.79 Å². The molecule has 5 heteroatoms. The highest BCUT2D eigenvalue weighted by atomic mass is 16.1. The Morgan fingerprint density at radius 3 is 2.48 bits per heavy atom. The van der Waals surface area contributed by atoms with Crippen LogP contribution < -0.4 is 5.56 Å². The molecule has 0 aliphatic heterocycles. The Balaban J connectivity index is 1.83. The number of nitrogens with zero attached hydrogens (tertiary/aromatic N) is 4. The van der Waals surface area contributed by atoms with Gasteiger partial charge in [-0.2, -0.15) is 4.52 Å². The van der Waals surface area contributed by atoms with E-state index in [-0.39, 0.29) is 5.56 Å². The second kappa shape index (κ2) is 6.20. The first-order chi connectivity index (χ1) is 12.2. The summed E-state index contributed by atoms with van der Waals surface area (Å²) >= 11 is 0. The van der Waals surface area contributed by atoms with Gasteiger partial charge in [0.15, 0.2) is 5.65 Å². The highest BCUT2D eigenvalue weighted by molar-refractivity contribution is 5.67. The molecule has 0 radical (unpaired) electrons. The predicted octanol–water partition coefficient (Wildman–Crippen LogP) is 3.36. The van der Waals surface area contributed by atoms with E-state index in [0.717, 1.165) is 16.9 Å². The molecule has 25 heavy (non-hydrogen) atoms. The molecule has 0 aliphatic carbocycles. The largest absolute Gasteiger partial charge is 0.273 e. The second-order valence-electron chi connectivity index (χ2n) is 5.73. The molecular weight excluding hydrogens is 312 g/mol. The van der Waals surface area contributed by atoms with Crippen molar-refractivity contribution in [3.05, 3.63) is 94.3 Å². The van der Waals surface area contributed by atoms with Gasteiger partial charge in [0, 0.05) is 24.0 Å². The Kier molecular flexibility index (Phi) is 3.74. The first-order valence-electron chi connectivity index (χ1n) is 7.99. The molecule has 0 aliphatic rings. The topological polar surface area (TPSA) is 52.2 Å². The summed E-state index contributed by atoms with van der Waals surface area (Å²) in [4.78, 5) is 21.5. The number of fused-ring (bicyclic) bond motifs is 1. The fourth-order valence-electron chi connectivity index (χ4n) is 2.76. The maximum absolute atomic E-state index is 12.7. The van der Waals surface area contributed by atoms with Crippen LogP contribution in [0, 0.1) is 6.92 Å². The summed E-state index contributed by atoms with van der Waals surface area (Å²) in [7, 11) is 0. The zero-order chi connectivity index (χ0) is 17.2. The van der Waals surface area contributed by atoms with Crippen molar-refractivity contribution >= 4 is 17.8 Å². The SMILES string of the molecule is Cc1cn(-c2ccccc2)n2c(=O)cc(C=Cc3ccccn3)nc12. The van der Waals surface area contributed by atoms with Crippen LogP contribution in [0.4, 0.5) is 0 Å². The number of benzene rings is 1. The van der Waals surface area contributed by atoms with Crippen molar-refractivity contribution in [2.75, 3.05) is 0 Å². The lowest BCUT2D eigenvalue weighted by atomic mass is 10.3. The van der Waals surface area contributed by atoms with Crippen LogP contribution in [-0.4, -0.2) is 19.2 Å². The van der Waals surface area contributed by atoms with Crippen LogP contribution in [0.5, 0.6) is 0 Å². The third kappa shape index (κ3) is 2.87. The normalized spacial score (nSPS) is 11.4. The van der Waals surface area contributed by atoms with Crippen molar-refractivity contribution in [3.63, 3.8) is 0 Å². The Morgan fingerprint density at radius 1 is 0.960 bits per heavy atom.